The molecule has 17 heavy (non-hydrogen) atoms. The normalized spacial score (nSPS) is 25.3. The van der Waals surface area contributed by atoms with Crippen LogP contribution in [0.15, 0.2) is 33.6 Å². The Bertz CT molecular complexity index is 361. The van der Waals surface area contributed by atoms with Gasteiger partial charge in [0.05, 0.1) is 0 Å². The number of nitrogens with zero attached hydrogens (tertiary/aromatic N) is 1. The lowest BCUT2D eigenvalue weighted by Crippen LogP contribution is -2.12. The van der Waals surface area contributed by atoms with Crippen molar-refractivity contribution in [1.29, 1.82) is 0 Å². The SMILES string of the molecule is Cc1ccc(S/N=C\C2CCC(C)CC2)cc1. The predicted octanol–water partition coefficient (Wildman–Crippen LogP) is 4.90. The smallest absolute Gasteiger partial charge is 0.0305 e. The first kappa shape index (κ1) is 12.7. The molecule has 92 valence electrons. The molecule has 0 unspecified atom stereocenters. The molecule has 1 saturated carbocycles. The van der Waals surface area contributed by atoms with Gasteiger partial charge in [0.1, 0.15) is 0 Å². The fourth-order valence-corrected chi connectivity index (χ4v) is 2.82. The van der Waals surface area contributed by atoms with E-state index in [0.717, 1.165) is 5.92 Å². The topological polar surface area (TPSA) is 12.4 Å². The van der Waals surface area contributed by atoms with Crippen LogP contribution in [0.25, 0.3) is 0 Å². The van der Waals surface area contributed by atoms with Crippen molar-refractivity contribution in [1.82, 2.24) is 0 Å². The lowest BCUT2D eigenvalue weighted by atomic mass is 9.84. The zero-order valence-electron chi connectivity index (χ0n) is 10.7. The molecule has 0 heterocycles. The Kier molecular flexibility index (Phi) is 4.66. The van der Waals surface area contributed by atoms with E-state index >= 15 is 0 Å². The molecule has 0 N–H and O–H groups in total. The van der Waals surface area contributed by atoms with E-state index in [-0.39, 0.29) is 0 Å². The summed E-state index contributed by atoms with van der Waals surface area (Å²) < 4.78 is 4.51. The summed E-state index contributed by atoms with van der Waals surface area (Å²) in [4.78, 5) is 1.23. The average molecular weight is 247 g/mol. The molecule has 0 bridgehead atoms. The molecule has 0 aromatic heterocycles. The third-order valence-electron chi connectivity index (χ3n) is 3.51. The minimum Gasteiger partial charge on any atom is -0.224 e. The molecule has 1 fully saturated rings. The number of hydrogen-bond donors (Lipinski definition) is 0. The Morgan fingerprint density at radius 3 is 2.41 bits per heavy atom. The zero-order valence-corrected chi connectivity index (χ0v) is 11.5. The fraction of sp³-hybridized carbons (Fsp3) is 0.533. The highest BCUT2D eigenvalue weighted by Crippen LogP contribution is 2.28. The number of aryl methyl sites for hydroxylation is 1. The van der Waals surface area contributed by atoms with Crippen LogP contribution in [0.1, 0.15) is 38.2 Å². The van der Waals surface area contributed by atoms with Crippen LogP contribution >= 0.6 is 11.9 Å². The predicted molar refractivity (Wildman–Crippen MR) is 76.7 cm³/mol. The van der Waals surface area contributed by atoms with E-state index in [0.29, 0.717) is 5.92 Å². The number of benzene rings is 1. The van der Waals surface area contributed by atoms with E-state index in [4.69, 9.17) is 0 Å². The van der Waals surface area contributed by atoms with Gasteiger partial charge in [0.25, 0.3) is 0 Å². The largest absolute Gasteiger partial charge is 0.224 e. The van der Waals surface area contributed by atoms with Gasteiger partial charge in [-0.3, -0.25) is 0 Å². The van der Waals surface area contributed by atoms with Gasteiger partial charge in [-0.2, -0.15) is 0 Å². The summed E-state index contributed by atoms with van der Waals surface area (Å²) >= 11 is 1.59. The molecule has 0 spiro atoms. The first-order valence-corrected chi connectivity index (χ1v) is 7.28. The maximum Gasteiger partial charge on any atom is 0.0305 e. The van der Waals surface area contributed by atoms with E-state index in [9.17, 15) is 0 Å². The van der Waals surface area contributed by atoms with E-state index in [1.165, 1.54) is 36.1 Å². The monoisotopic (exact) mass is 247 g/mol. The van der Waals surface area contributed by atoms with Gasteiger partial charge in [-0.1, -0.05) is 37.5 Å². The van der Waals surface area contributed by atoms with Crippen molar-refractivity contribution >= 4 is 18.2 Å². The molecular weight excluding hydrogens is 226 g/mol. The summed E-state index contributed by atoms with van der Waals surface area (Å²) in [7, 11) is 0. The first-order chi connectivity index (χ1) is 8.24. The van der Waals surface area contributed by atoms with E-state index in [1.54, 1.807) is 11.9 Å². The maximum absolute atomic E-state index is 4.51. The number of rotatable bonds is 3. The molecule has 1 aliphatic rings. The van der Waals surface area contributed by atoms with Crippen molar-refractivity contribution in [2.75, 3.05) is 0 Å². The van der Waals surface area contributed by atoms with Crippen molar-refractivity contribution < 1.29 is 0 Å². The van der Waals surface area contributed by atoms with Crippen LogP contribution in [-0.4, -0.2) is 6.21 Å². The maximum atomic E-state index is 4.51. The van der Waals surface area contributed by atoms with Crippen molar-refractivity contribution in [2.45, 2.75) is 44.4 Å². The first-order valence-electron chi connectivity index (χ1n) is 6.51. The highest BCUT2D eigenvalue weighted by molar-refractivity contribution is 7.98. The molecular formula is C15H21NS. The molecule has 2 heteroatoms. The Morgan fingerprint density at radius 2 is 1.76 bits per heavy atom. The second kappa shape index (κ2) is 6.25. The molecule has 0 atom stereocenters. The van der Waals surface area contributed by atoms with Gasteiger partial charge in [0.15, 0.2) is 0 Å². The Balaban J connectivity index is 1.79. The molecule has 0 aliphatic heterocycles. The van der Waals surface area contributed by atoms with Crippen LogP contribution in [0, 0.1) is 18.8 Å². The standard InChI is InChI=1S/C15H21NS/c1-12-3-7-14(8-4-12)11-16-17-15-9-5-13(2)6-10-15/h5-6,9-12,14H,3-4,7-8H2,1-2H3/b16-11-. The van der Waals surface area contributed by atoms with Crippen molar-refractivity contribution in [3.05, 3.63) is 29.8 Å². The van der Waals surface area contributed by atoms with E-state index in [2.05, 4.69) is 48.7 Å². The van der Waals surface area contributed by atoms with Crippen LogP contribution < -0.4 is 0 Å². The summed E-state index contributed by atoms with van der Waals surface area (Å²) in [5.74, 6) is 1.63. The van der Waals surface area contributed by atoms with Crippen molar-refractivity contribution in [3.8, 4) is 0 Å². The molecule has 1 aromatic rings. The summed E-state index contributed by atoms with van der Waals surface area (Å²) in [5.41, 5.74) is 1.31. The summed E-state index contributed by atoms with van der Waals surface area (Å²) in [6, 6.07) is 8.56. The van der Waals surface area contributed by atoms with E-state index in [1.807, 2.05) is 0 Å². The molecule has 1 nitrogen and oxygen atoms in total. The lowest BCUT2D eigenvalue weighted by Gasteiger charge is -2.22. The molecule has 1 aliphatic carbocycles. The van der Waals surface area contributed by atoms with Gasteiger partial charge in [0, 0.05) is 23.1 Å². The van der Waals surface area contributed by atoms with Crippen LogP contribution in [0.2, 0.25) is 0 Å². The average Bonchev–Trinajstić information content (AvgIpc) is 2.34. The molecule has 0 radical (unpaired) electrons. The molecule has 2 rings (SSSR count). The van der Waals surface area contributed by atoms with Gasteiger partial charge in [0.2, 0.25) is 0 Å². The third-order valence-corrected chi connectivity index (χ3v) is 4.22. The van der Waals surface area contributed by atoms with Gasteiger partial charge in [-0.25, -0.2) is 4.40 Å². The van der Waals surface area contributed by atoms with Crippen LogP contribution in [0.4, 0.5) is 0 Å². The second-order valence-electron chi connectivity index (χ2n) is 5.18. The minimum absolute atomic E-state index is 0.712. The van der Waals surface area contributed by atoms with Gasteiger partial charge >= 0.3 is 0 Å². The van der Waals surface area contributed by atoms with Gasteiger partial charge in [-0.15, -0.1) is 0 Å². The zero-order chi connectivity index (χ0) is 12.1. The van der Waals surface area contributed by atoms with Crippen LogP contribution in [-0.2, 0) is 0 Å². The Hall–Kier alpha value is -0.760. The Labute approximate surface area is 109 Å². The minimum atomic E-state index is 0.712. The molecule has 0 saturated heterocycles. The summed E-state index contributed by atoms with van der Waals surface area (Å²) in [6.45, 7) is 4.47. The highest BCUT2D eigenvalue weighted by atomic mass is 32.2. The van der Waals surface area contributed by atoms with Crippen LogP contribution in [0.5, 0.6) is 0 Å². The van der Waals surface area contributed by atoms with E-state index < -0.39 is 0 Å². The molecule has 0 amide bonds. The fourth-order valence-electron chi connectivity index (χ4n) is 2.21. The second-order valence-corrected chi connectivity index (χ2v) is 6.04. The Morgan fingerprint density at radius 1 is 1.12 bits per heavy atom. The summed E-state index contributed by atoms with van der Waals surface area (Å²) in [6.07, 6.45) is 7.53. The van der Waals surface area contributed by atoms with Crippen LogP contribution in [0.3, 0.4) is 0 Å². The van der Waals surface area contributed by atoms with Crippen molar-refractivity contribution in [2.24, 2.45) is 16.2 Å². The quantitative estimate of drug-likeness (QED) is 0.546. The lowest BCUT2D eigenvalue weighted by molar-refractivity contribution is 0.347. The number of hydrogen-bond acceptors (Lipinski definition) is 2. The third kappa shape index (κ3) is 4.19. The van der Waals surface area contributed by atoms with Gasteiger partial charge in [-0.05, 0) is 43.7 Å². The highest BCUT2D eigenvalue weighted by Gasteiger charge is 2.16. The van der Waals surface area contributed by atoms with Crippen molar-refractivity contribution in [3.63, 3.8) is 0 Å². The molecule has 1 aromatic carbocycles. The van der Waals surface area contributed by atoms with Gasteiger partial charge < -0.3 is 0 Å². The summed E-state index contributed by atoms with van der Waals surface area (Å²) in [5, 5.41) is 0.